The summed E-state index contributed by atoms with van der Waals surface area (Å²) in [6.07, 6.45) is 1.88. The van der Waals surface area contributed by atoms with Crippen molar-refractivity contribution in [1.82, 2.24) is 4.98 Å². The van der Waals surface area contributed by atoms with Crippen molar-refractivity contribution in [2.45, 2.75) is 46.6 Å². The molecule has 2 aromatic rings. The van der Waals surface area contributed by atoms with E-state index in [1.165, 1.54) is 0 Å². The molecule has 3 heteroatoms. The summed E-state index contributed by atoms with van der Waals surface area (Å²) in [5.74, 6) is -0.229. The summed E-state index contributed by atoms with van der Waals surface area (Å²) in [7, 11) is 0. The van der Waals surface area contributed by atoms with E-state index in [1.54, 1.807) is 0 Å². The van der Waals surface area contributed by atoms with Crippen molar-refractivity contribution >= 4 is 16.9 Å². The summed E-state index contributed by atoms with van der Waals surface area (Å²) < 4.78 is 5.46. The summed E-state index contributed by atoms with van der Waals surface area (Å²) in [4.78, 5) is 15.4. The Morgan fingerprint density at radius 3 is 2.74 bits per heavy atom. The second-order valence-corrected chi connectivity index (χ2v) is 5.21. The molecule has 0 saturated carbocycles. The first kappa shape index (κ1) is 13.7. The van der Waals surface area contributed by atoms with Gasteiger partial charge in [-0.25, -0.2) is 4.79 Å². The number of nitrogens with one attached hydrogen (secondary N) is 1. The molecule has 2 rings (SSSR count). The molecule has 1 heterocycles. The Bertz CT molecular complexity index is 598. The van der Waals surface area contributed by atoms with Crippen LogP contribution in [0.15, 0.2) is 18.2 Å². The molecule has 0 bridgehead atoms. The number of hydrogen-bond donors (Lipinski definition) is 1. The Balaban J connectivity index is 2.28. The summed E-state index contributed by atoms with van der Waals surface area (Å²) >= 11 is 0. The second kappa shape index (κ2) is 5.47. The van der Waals surface area contributed by atoms with E-state index >= 15 is 0 Å². The molecular formula is C16H21NO2. The molecule has 0 radical (unpaired) electrons. The molecule has 0 aliphatic rings. The predicted molar refractivity (Wildman–Crippen MR) is 77.6 cm³/mol. The Hall–Kier alpha value is -1.77. The van der Waals surface area contributed by atoms with Gasteiger partial charge < -0.3 is 9.72 Å². The summed E-state index contributed by atoms with van der Waals surface area (Å²) in [5.41, 5.74) is 3.69. The Labute approximate surface area is 114 Å². The smallest absolute Gasteiger partial charge is 0.338 e. The average Bonchev–Trinajstić information content (AvgIpc) is 2.67. The average molecular weight is 259 g/mol. The van der Waals surface area contributed by atoms with Gasteiger partial charge in [0.2, 0.25) is 0 Å². The number of aryl methyl sites for hydroxylation is 2. The quantitative estimate of drug-likeness (QED) is 0.839. The van der Waals surface area contributed by atoms with Crippen LogP contribution in [0.4, 0.5) is 0 Å². The molecule has 1 atom stereocenters. The zero-order valence-electron chi connectivity index (χ0n) is 12.0. The van der Waals surface area contributed by atoms with Crippen molar-refractivity contribution in [2.24, 2.45) is 0 Å². The molecule has 3 nitrogen and oxygen atoms in total. The lowest BCUT2D eigenvalue weighted by atomic mass is 10.1. The van der Waals surface area contributed by atoms with Crippen molar-refractivity contribution < 1.29 is 9.53 Å². The van der Waals surface area contributed by atoms with E-state index < -0.39 is 0 Å². The van der Waals surface area contributed by atoms with E-state index in [1.807, 2.05) is 32.9 Å². The fourth-order valence-electron chi connectivity index (χ4n) is 2.37. The molecule has 0 fully saturated rings. The zero-order chi connectivity index (χ0) is 14.0. The normalized spacial score (nSPS) is 12.6. The minimum atomic E-state index is -0.229. The highest BCUT2D eigenvalue weighted by Gasteiger charge is 2.15. The van der Waals surface area contributed by atoms with E-state index in [9.17, 15) is 4.79 Å². The van der Waals surface area contributed by atoms with Crippen molar-refractivity contribution in [2.75, 3.05) is 0 Å². The van der Waals surface area contributed by atoms with Gasteiger partial charge in [0.25, 0.3) is 0 Å². The van der Waals surface area contributed by atoms with E-state index in [0.717, 1.165) is 35.0 Å². The number of aromatic amines is 1. The molecule has 1 N–H and O–H groups in total. The van der Waals surface area contributed by atoms with Gasteiger partial charge >= 0.3 is 5.97 Å². The fraction of sp³-hybridized carbons (Fsp3) is 0.438. The third kappa shape index (κ3) is 2.98. The van der Waals surface area contributed by atoms with Gasteiger partial charge in [-0.3, -0.25) is 0 Å². The molecule has 1 aromatic carbocycles. The lowest BCUT2D eigenvalue weighted by molar-refractivity contribution is 0.0323. The monoisotopic (exact) mass is 259 g/mol. The second-order valence-electron chi connectivity index (χ2n) is 5.21. The molecule has 1 unspecified atom stereocenters. The largest absolute Gasteiger partial charge is 0.459 e. The number of hydrogen-bond acceptors (Lipinski definition) is 2. The first-order valence-electron chi connectivity index (χ1n) is 6.82. The molecule has 0 amide bonds. The van der Waals surface area contributed by atoms with Gasteiger partial charge in [-0.05, 0) is 56.3 Å². The van der Waals surface area contributed by atoms with Gasteiger partial charge in [0.15, 0.2) is 0 Å². The molecule has 1 aromatic heterocycles. The summed E-state index contributed by atoms with van der Waals surface area (Å²) in [6.45, 7) is 7.98. The maximum atomic E-state index is 12.2. The van der Waals surface area contributed by atoms with Crippen LogP contribution < -0.4 is 0 Å². The minimum Gasteiger partial charge on any atom is -0.459 e. The molecule has 0 saturated heterocycles. The topological polar surface area (TPSA) is 42.1 Å². The van der Waals surface area contributed by atoms with Crippen LogP contribution in [0.3, 0.4) is 0 Å². The lowest BCUT2D eigenvalue weighted by Crippen LogP contribution is -2.15. The van der Waals surface area contributed by atoms with Crippen molar-refractivity contribution in [3.8, 4) is 0 Å². The first-order chi connectivity index (χ1) is 9.01. The maximum absolute atomic E-state index is 12.2. The number of carbonyl (C=O) groups excluding carboxylic acids is 1. The Kier molecular flexibility index (Phi) is 3.93. The number of rotatable bonds is 4. The van der Waals surface area contributed by atoms with Gasteiger partial charge in [-0.15, -0.1) is 0 Å². The van der Waals surface area contributed by atoms with Crippen molar-refractivity contribution in [3.63, 3.8) is 0 Å². The molecule has 0 aliphatic heterocycles. The Morgan fingerprint density at radius 1 is 1.32 bits per heavy atom. The highest BCUT2D eigenvalue weighted by atomic mass is 16.5. The third-order valence-corrected chi connectivity index (χ3v) is 3.32. The molecule has 0 aliphatic carbocycles. The van der Waals surface area contributed by atoms with Crippen LogP contribution in [0.2, 0.25) is 0 Å². The zero-order valence-corrected chi connectivity index (χ0v) is 12.0. The number of H-pyrrole nitrogens is 1. The van der Waals surface area contributed by atoms with Gasteiger partial charge in [0.05, 0.1) is 11.7 Å². The van der Waals surface area contributed by atoms with Crippen LogP contribution >= 0.6 is 0 Å². The highest BCUT2D eigenvalue weighted by Crippen LogP contribution is 2.21. The Morgan fingerprint density at radius 2 is 2.05 bits per heavy atom. The van der Waals surface area contributed by atoms with Crippen molar-refractivity contribution in [3.05, 3.63) is 35.0 Å². The van der Waals surface area contributed by atoms with Crippen LogP contribution in [0.25, 0.3) is 10.9 Å². The van der Waals surface area contributed by atoms with Crippen molar-refractivity contribution in [1.29, 1.82) is 0 Å². The summed E-state index contributed by atoms with van der Waals surface area (Å²) in [5, 5.41) is 1.13. The molecule has 102 valence electrons. The van der Waals surface area contributed by atoms with Crippen LogP contribution in [-0.4, -0.2) is 17.1 Å². The number of aromatic nitrogens is 1. The van der Waals surface area contributed by atoms with E-state index in [4.69, 9.17) is 4.74 Å². The van der Waals surface area contributed by atoms with Gasteiger partial charge in [0.1, 0.15) is 0 Å². The van der Waals surface area contributed by atoms with Crippen LogP contribution in [0.1, 0.15) is 48.3 Å². The SMILES string of the molecule is CCCC(C)OC(=O)c1cc2[nH]c(C)cc2cc1C. The van der Waals surface area contributed by atoms with Crippen LogP contribution in [-0.2, 0) is 4.74 Å². The molecule has 19 heavy (non-hydrogen) atoms. The van der Waals surface area contributed by atoms with Gasteiger partial charge in [-0.2, -0.15) is 0 Å². The lowest BCUT2D eigenvalue weighted by Gasteiger charge is -2.13. The number of ether oxygens (including phenoxy) is 1. The maximum Gasteiger partial charge on any atom is 0.338 e. The third-order valence-electron chi connectivity index (χ3n) is 3.32. The van der Waals surface area contributed by atoms with Gasteiger partial charge in [-0.1, -0.05) is 13.3 Å². The number of fused-ring (bicyclic) bond motifs is 1. The van der Waals surface area contributed by atoms with Gasteiger partial charge in [0, 0.05) is 11.2 Å². The number of carbonyl (C=O) groups is 1. The van der Waals surface area contributed by atoms with E-state index in [-0.39, 0.29) is 12.1 Å². The predicted octanol–water partition coefficient (Wildman–Crippen LogP) is 4.13. The number of benzene rings is 1. The van der Waals surface area contributed by atoms with E-state index in [0.29, 0.717) is 5.56 Å². The first-order valence-corrected chi connectivity index (χ1v) is 6.82. The number of esters is 1. The van der Waals surface area contributed by atoms with Crippen LogP contribution in [0.5, 0.6) is 0 Å². The van der Waals surface area contributed by atoms with Crippen LogP contribution in [0, 0.1) is 13.8 Å². The molecule has 0 spiro atoms. The minimum absolute atomic E-state index is 0.0297. The molecular weight excluding hydrogens is 238 g/mol. The standard InChI is InChI=1S/C16H21NO2/c1-5-6-12(4)19-16(18)14-9-15-13(7-10(14)2)8-11(3)17-15/h7-9,12,17H,5-6H2,1-4H3. The van der Waals surface area contributed by atoms with E-state index in [2.05, 4.69) is 18.0 Å². The highest BCUT2D eigenvalue weighted by molar-refractivity contribution is 5.96. The fourth-order valence-corrected chi connectivity index (χ4v) is 2.37. The summed E-state index contributed by atoms with van der Waals surface area (Å²) in [6, 6.07) is 6.00.